The molecule has 21 nitrogen and oxygen atoms in total. The quantitative estimate of drug-likeness (QED) is 0.0366. The van der Waals surface area contributed by atoms with E-state index < -0.39 is 95.3 Å². The molecular weight excluding hydrogens is 979 g/mol. The average Bonchev–Trinajstić information content (AvgIpc) is 3.91. The van der Waals surface area contributed by atoms with E-state index in [0.717, 1.165) is 28.7 Å². The maximum absolute atomic E-state index is 15.1. The van der Waals surface area contributed by atoms with Crippen LogP contribution in [0.25, 0.3) is 11.3 Å². The van der Waals surface area contributed by atoms with Crippen molar-refractivity contribution in [3.8, 4) is 11.3 Å². The maximum atomic E-state index is 15.1. The molecule has 0 spiro atoms. The Labute approximate surface area is 434 Å². The molecule has 1 aliphatic heterocycles. The molecule has 3 aromatic rings. The van der Waals surface area contributed by atoms with Crippen molar-refractivity contribution >= 4 is 53.2 Å². The highest BCUT2D eigenvalue weighted by atomic mass is 19.1. The van der Waals surface area contributed by atoms with Gasteiger partial charge in [-0.15, -0.1) is 0 Å². The van der Waals surface area contributed by atoms with Crippen molar-refractivity contribution in [2.45, 2.75) is 123 Å². The molecule has 1 aromatic heterocycles. The lowest BCUT2D eigenvalue weighted by molar-refractivity contribution is -0.142. The predicted octanol–water partition coefficient (Wildman–Crippen LogP) is 2.22. The van der Waals surface area contributed by atoms with Crippen LogP contribution in [0.15, 0.2) is 66.9 Å². The number of aliphatic carboxylic acids is 1. The molecule has 9 N–H and O–H groups in total. The van der Waals surface area contributed by atoms with Gasteiger partial charge < -0.3 is 52.0 Å². The van der Waals surface area contributed by atoms with E-state index in [2.05, 4.69) is 26.6 Å². The minimum absolute atomic E-state index is 0.0696. The Bertz CT molecular complexity index is 2530. The number of carbonyl (C=O) groups is 9. The van der Waals surface area contributed by atoms with Gasteiger partial charge in [-0.1, -0.05) is 71.4 Å². The molecule has 408 valence electrons. The Morgan fingerprint density at radius 3 is 2.09 bits per heavy atom. The van der Waals surface area contributed by atoms with E-state index in [4.69, 9.17) is 10.7 Å². The molecule has 0 radical (unpaired) electrons. The fourth-order valence-corrected chi connectivity index (χ4v) is 8.24. The van der Waals surface area contributed by atoms with E-state index in [9.17, 15) is 57.8 Å². The summed E-state index contributed by atoms with van der Waals surface area (Å²) in [6, 6.07) is 6.47. The zero-order chi connectivity index (χ0) is 55.6. The number of imide groups is 1. The van der Waals surface area contributed by atoms with Gasteiger partial charge in [-0.05, 0) is 67.7 Å². The number of amides is 8. The van der Waals surface area contributed by atoms with Gasteiger partial charge >= 0.3 is 5.97 Å². The summed E-state index contributed by atoms with van der Waals surface area (Å²) in [5, 5.41) is 32.6. The third-order valence-corrected chi connectivity index (χ3v) is 12.3. The van der Waals surface area contributed by atoms with Crippen molar-refractivity contribution in [3.63, 3.8) is 0 Å². The van der Waals surface area contributed by atoms with Crippen molar-refractivity contribution in [1.29, 1.82) is 0 Å². The van der Waals surface area contributed by atoms with Crippen LogP contribution < -0.4 is 32.3 Å². The highest BCUT2D eigenvalue weighted by Crippen LogP contribution is 2.39. The molecule has 8 amide bonds. The summed E-state index contributed by atoms with van der Waals surface area (Å²) in [6.45, 7) is 9.52. The SMILES string of the molecule is CC(C)C(NC(=O)CCCCCN1C(=O)C=CC1=O)C(=O)N[C@@H](C)C(=O)N[C@@H](CCC(=O)NCCNC(=O)[C@@H](N)CCN(C(=O)CO)[C@@H](c1nc(-c2cc(F)ccc2F)cn1Cc1ccccc1)C(C)(C)C)C(=O)O. The number of aliphatic hydroxyl groups is 1. The lowest BCUT2D eigenvalue weighted by Crippen LogP contribution is -2.56. The largest absolute Gasteiger partial charge is 0.480 e. The number of rotatable bonds is 29. The third-order valence-electron chi connectivity index (χ3n) is 12.3. The number of benzene rings is 2. The number of imidazole rings is 1. The van der Waals surface area contributed by atoms with Gasteiger partial charge in [0.2, 0.25) is 35.4 Å². The number of hydrogen-bond acceptors (Lipinski definition) is 12. The average molecular weight is 1050 g/mol. The monoisotopic (exact) mass is 1050 g/mol. The summed E-state index contributed by atoms with van der Waals surface area (Å²) in [4.78, 5) is 121. The molecular formula is C52H70F2N10O11. The van der Waals surface area contributed by atoms with Crippen molar-refractivity contribution in [2.75, 3.05) is 32.8 Å². The zero-order valence-corrected chi connectivity index (χ0v) is 43.2. The number of nitrogens with two attached hydrogens (primary N) is 1. The van der Waals surface area contributed by atoms with Crippen molar-refractivity contribution in [2.24, 2.45) is 17.1 Å². The standard InChI is InChI=1S/C52H70F2N10O11/c1-31(2)45(61-41(67)15-11-8-12-25-63-42(68)20-21-43(63)69)50(73)58-32(3)48(71)60-38(51(74)75)18-19-40(66)56-23-24-57-49(72)37(55)22-26-64(44(70)30-65)46(52(4,5)6)47-59-39(35-27-34(53)16-17-36(35)54)29-62(47)28-33-13-9-7-10-14-33/h7,9-10,13-14,16-17,20-21,27,29,31-32,37-38,45-46,65H,8,11-12,15,18-19,22-26,28,30,55H2,1-6H3,(H,56,66)(H,57,72)(H,58,73)(H,60,71)(H,61,67)(H,74,75)/t32-,37-,38-,45?,46-/m0/s1. The summed E-state index contributed by atoms with van der Waals surface area (Å²) < 4.78 is 31.2. The summed E-state index contributed by atoms with van der Waals surface area (Å²) >= 11 is 0. The van der Waals surface area contributed by atoms with Gasteiger partial charge in [0.1, 0.15) is 42.2 Å². The van der Waals surface area contributed by atoms with E-state index in [-0.39, 0.29) is 87.4 Å². The van der Waals surface area contributed by atoms with Crippen molar-refractivity contribution < 1.29 is 62.1 Å². The second kappa shape index (κ2) is 28.3. The van der Waals surface area contributed by atoms with Gasteiger partial charge in [-0.3, -0.25) is 43.3 Å². The van der Waals surface area contributed by atoms with Crippen molar-refractivity contribution in [3.05, 3.63) is 89.9 Å². The minimum atomic E-state index is -1.52. The van der Waals surface area contributed by atoms with Gasteiger partial charge in [-0.2, -0.15) is 0 Å². The van der Waals surface area contributed by atoms with E-state index in [1.54, 1.807) is 24.6 Å². The van der Waals surface area contributed by atoms with Gasteiger partial charge in [0.05, 0.1) is 17.8 Å². The minimum Gasteiger partial charge on any atom is -0.480 e. The van der Waals surface area contributed by atoms with Gasteiger partial charge in [0, 0.05) is 69.5 Å². The lowest BCUT2D eigenvalue weighted by Gasteiger charge is -2.40. The van der Waals surface area contributed by atoms with Crippen molar-refractivity contribution in [1.82, 2.24) is 45.9 Å². The number of unbranched alkanes of at least 4 members (excludes halogenated alkanes) is 2. The first-order valence-electron chi connectivity index (χ1n) is 24.8. The van der Waals surface area contributed by atoms with Crippen LogP contribution in [0.1, 0.15) is 104 Å². The topological polar surface area (TPSA) is 305 Å². The zero-order valence-electron chi connectivity index (χ0n) is 43.2. The first-order chi connectivity index (χ1) is 35.4. The number of nitrogens with one attached hydrogen (secondary N) is 5. The van der Waals surface area contributed by atoms with Crippen LogP contribution in [0.3, 0.4) is 0 Å². The molecule has 0 fully saturated rings. The second-order valence-corrected chi connectivity index (χ2v) is 19.7. The first-order valence-corrected chi connectivity index (χ1v) is 24.8. The van der Waals surface area contributed by atoms with Gasteiger partial charge in [0.15, 0.2) is 0 Å². The lowest BCUT2D eigenvalue weighted by atomic mass is 9.84. The number of nitrogens with zero attached hydrogens (tertiary/aromatic N) is 4. The van der Waals surface area contributed by atoms with Crippen LogP contribution >= 0.6 is 0 Å². The fraction of sp³-hybridized carbons (Fsp3) is 0.500. The number of hydrogen-bond donors (Lipinski definition) is 8. The molecule has 1 unspecified atom stereocenters. The molecule has 0 bridgehead atoms. The maximum Gasteiger partial charge on any atom is 0.326 e. The highest BCUT2D eigenvalue weighted by molar-refractivity contribution is 6.12. The van der Waals surface area contributed by atoms with Crippen LogP contribution in [0.2, 0.25) is 0 Å². The molecule has 2 aromatic carbocycles. The second-order valence-electron chi connectivity index (χ2n) is 19.7. The molecule has 1 aliphatic rings. The van der Waals surface area contributed by atoms with E-state index >= 15 is 4.39 Å². The Morgan fingerprint density at radius 1 is 0.800 bits per heavy atom. The van der Waals surface area contributed by atoms with E-state index in [1.165, 1.54) is 24.0 Å². The number of carbonyl (C=O) groups excluding carboxylic acids is 8. The molecule has 0 saturated heterocycles. The molecule has 0 saturated carbocycles. The van der Waals surface area contributed by atoms with E-state index in [0.29, 0.717) is 25.1 Å². The number of carboxylic acid groups (broad SMARTS) is 1. The number of aliphatic hydroxyl groups excluding tert-OH is 1. The van der Waals surface area contributed by atoms with Crippen LogP contribution in [-0.4, -0.2) is 140 Å². The fourth-order valence-electron chi connectivity index (χ4n) is 8.24. The van der Waals surface area contributed by atoms with Crippen LogP contribution in [0, 0.1) is 23.0 Å². The number of carboxylic acids is 1. The Balaban J connectivity index is 1.25. The summed E-state index contributed by atoms with van der Waals surface area (Å²) in [5.41, 5.74) is 6.38. The van der Waals surface area contributed by atoms with Crippen LogP contribution in [0.5, 0.6) is 0 Å². The highest BCUT2D eigenvalue weighted by Gasteiger charge is 2.39. The summed E-state index contributed by atoms with van der Waals surface area (Å²) in [6.07, 6.45) is 4.75. The van der Waals surface area contributed by atoms with Crippen LogP contribution in [-0.2, 0) is 49.7 Å². The number of aromatic nitrogens is 2. The van der Waals surface area contributed by atoms with E-state index in [1.807, 2.05) is 51.1 Å². The number of halogens is 2. The molecule has 5 atom stereocenters. The Kier molecular flexibility index (Phi) is 22.7. The Morgan fingerprint density at radius 2 is 1.47 bits per heavy atom. The molecule has 0 aliphatic carbocycles. The third kappa shape index (κ3) is 18.2. The summed E-state index contributed by atoms with van der Waals surface area (Å²) in [7, 11) is 0. The molecule has 75 heavy (non-hydrogen) atoms. The smallest absolute Gasteiger partial charge is 0.326 e. The Hall–Kier alpha value is -7.40. The van der Waals surface area contributed by atoms with Gasteiger partial charge in [0.25, 0.3) is 11.8 Å². The molecule has 4 rings (SSSR count). The molecule has 23 heteroatoms. The summed E-state index contributed by atoms with van der Waals surface area (Å²) in [5.74, 6) is -7.54. The first kappa shape index (κ1) is 60.2. The normalized spacial score (nSPS) is 14.4. The van der Waals surface area contributed by atoms with Gasteiger partial charge in [-0.25, -0.2) is 18.6 Å². The molecule has 2 heterocycles. The van der Waals surface area contributed by atoms with Crippen LogP contribution in [0.4, 0.5) is 8.78 Å². The predicted molar refractivity (Wildman–Crippen MR) is 270 cm³/mol.